The summed E-state index contributed by atoms with van der Waals surface area (Å²) in [6.07, 6.45) is 2.10. The van der Waals surface area contributed by atoms with Crippen molar-refractivity contribution in [1.29, 1.82) is 0 Å². The molecule has 5 heteroatoms. The predicted molar refractivity (Wildman–Crippen MR) is 62.1 cm³/mol. The van der Waals surface area contributed by atoms with E-state index in [0.717, 1.165) is 25.9 Å². The minimum Gasteiger partial charge on any atom is -0.347 e. The van der Waals surface area contributed by atoms with Crippen molar-refractivity contribution >= 4 is 11.9 Å². The van der Waals surface area contributed by atoms with Crippen LogP contribution in [0.3, 0.4) is 0 Å². The number of hydrogen-bond acceptors (Lipinski definition) is 2. The smallest absolute Gasteiger partial charge is 0.317 e. The molecule has 0 aromatic carbocycles. The Balaban J connectivity index is 2.27. The van der Waals surface area contributed by atoms with Gasteiger partial charge in [-0.1, -0.05) is 6.92 Å². The Morgan fingerprint density at radius 2 is 1.88 bits per heavy atom. The van der Waals surface area contributed by atoms with E-state index in [1.807, 2.05) is 0 Å². The maximum absolute atomic E-state index is 11.7. The van der Waals surface area contributed by atoms with Gasteiger partial charge in [0.2, 0.25) is 5.91 Å². The molecule has 3 amide bonds. The number of hydrogen-bond donors (Lipinski definition) is 1. The van der Waals surface area contributed by atoms with Crippen LogP contribution in [-0.2, 0) is 4.79 Å². The second-order valence-corrected chi connectivity index (χ2v) is 4.62. The first-order valence-electron chi connectivity index (χ1n) is 5.73. The Morgan fingerprint density at radius 3 is 2.38 bits per heavy atom. The highest BCUT2D eigenvalue weighted by Gasteiger charge is 2.20. The zero-order chi connectivity index (χ0) is 12.1. The molecule has 0 aromatic rings. The van der Waals surface area contributed by atoms with E-state index in [4.69, 9.17) is 0 Å². The maximum Gasteiger partial charge on any atom is 0.317 e. The third-order valence-corrected chi connectivity index (χ3v) is 2.96. The van der Waals surface area contributed by atoms with Crippen LogP contribution in [0.15, 0.2) is 0 Å². The van der Waals surface area contributed by atoms with Crippen molar-refractivity contribution in [3.05, 3.63) is 0 Å². The second-order valence-electron chi connectivity index (χ2n) is 4.62. The molecule has 0 radical (unpaired) electrons. The Hall–Kier alpha value is -1.26. The maximum atomic E-state index is 11.7. The van der Waals surface area contributed by atoms with Crippen LogP contribution in [0.4, 0.5) is 4.79 Å². The molecule has 0 atom stereocenters. The van der Waals surface area contributed by atoms with E-state index < -0.39 is 0 Å². The van der Waals surface area contributed by atoms with Gasteiger partial charge in [0.05, 0.1) is 6.54 Å². The number of piperidine rings is 1. The molecule has 0 aromatic heterocycles. The average Bonchev–Trinajstić information content (AvgIpc) is 2.26. The molecule has 5 nitrogen and oxygen atoms in total. The highest BCUT2D eigenvalue weighted by atomic mass is 16.2. The fourth-order valence-electron chi connectivity index (χ4n) is 1.63. The summed E-state index contributed by atoms with van der Waals surface area (Å²) in [4.78, 5) is 26.2. The largest absolute Gasteiger partial charge is 0.347 e. The lowest BCUT2D eigenvalue weighted by Crippen LogP contribution is -2.46. The lowest BCUT2D eigenvalue weighted by Gasteiger charge is -2.30. The van der Waals surface area contributed by atoms with Gasteiger partial charge in [-0.25, -0.2) is 4.79 Å². The first kappa shape index (κ1) is 12.8. The number of likely N-dealkylation sites (tertiary alicyclic amines) is 1. The number of urea groups is 1. The first-order valence-corrected chi connectivity index (χ1v) is 5.73. The van der Waals surface area contributed by atoms with Gasteiger partial charge in [0.25, 0.3) is 0 Å². The van der Waals surface area contributed by atoms with Gasteiger partial charge in [0, 0.05) is 27.2 Å². The molecule has 0 bridgehead atoms. The highest BCUT2D eigenvalue weighted by Crippen LogP contribution is 2.15. The lowest BCUT2D eigenvalue weighted by molar-refractivity contribution is -0.127. The molecular weight excluding hydrogens is 206 g/mol. The molecule has 1 saturated heterocycles. The molecule has 1 aliphatic heterocycles. The zero-order valence-electron chi connectivity index (χ0n) is 10.3. The van der Waals surface area contributed by atoms with Crippen LogP contribution in [0, 0.1) is 5.92 Å². The molecule has 1 rings (SSSR count). The first-order chi connectivity index (χ1) is 7.50. The van der Waals surface area contributed by atoms with Crippen LogP contribution in [0.25, 0.3) is 0 Å². The Bertz CT molecular complexity index is 258. The van der Waals surface area contributed by atoms with Crippen molar-refractivity contribution in [2.45, 2.75) is 19.8 Å². The van der Waals surface area contributed by atoms with E-state index in [0.29, 0.717) is 5.92 Å². The van der Waals surface area contributed by atoms with Crippen molar-refractivity contribution in [2.75, 3.05) is 33.7 Å². The van der Waals surface area contributed by atoms with Gasteiger partial charge in [0.1, 0.15) is 0 Å². The minimum absolute atomic E-state index is 0.0812. The molecule has 1 aliphatic rings. The quantitative estimate of drug-likeness (QED) is 0.747. The standard InChI is InChI=1S/C11H21N3O2/c1-9-4-6-14(7-5-9)11(16)12-8-10(15)13(2)3/h9H,4-8H2,1-3H3,(H,12,16). The number of amides is 3. The Morgan fingerprint density at radius 1 is 1.31 bits per heavy atom. The molecular formula is C11H21N3O2. The number of likely N-dealkylation sites (N-methyl/N-ethyl adjacent to an activating group) is 1. The fraction of sp³-hybridized carbons (Fsp3) is 0.818. The van der Waals surface area contributed by atoms with E-state index in [9.17, 15) is 9.59 Å². The number of nitrogens with one attached hydrogen (secondary N) is 1. The van der Waals surface area contributed by atoms with Crippen molar-refractivity contribution in [3.63, 3.8) is 0 Å². The monoisotopic (exact) mass is 227 g/mol. The Kier molecular flexibility index (Phi) is 4.58. The zero-order valence-corrected chi connectivity index (χ0v) is 10.3. The van der Waals surface area contributed by atoms with Gasteiger partial charge in [-0.05, 0) is 18.8 Å². The van der Waals surface area contributed by atoms with Gasteiger partial charge in [-0.3, -0.25) is 4.79 Å². The third-order valence-electron chi connectivity index (χ3n) is 2.96. The minimum atomic E-state index is -0.123. The van der Waals surface area contributed by atoms with Crippen LogP contribution < -0.4 is 5.32 Å². The lowest BCUT2D eigenvalue weighted by atomic mass is 10.00. The summed E-state index contributed by atoms with van der Waals surface area (Å²) in [6.45, 7) is 3.87. The summed E-state index contributed by atoms with van der Waals surface area (Å²) in [7, 11) is 3.36. The highest BCUT2D eigenvalue weighted by molar-refractivity contribution is 5.83. The normalized spacial score (nSPS) is 17.1. The van der Waals surface area contributed by atoms with Gasteiger partial charge in [-0.2, -0.15) is 0 Å². The summed E-state index contributed by atoms with van der Waals surface area (Å²) in [6, 6.07) is -0.123. The van der Waals surface area contributed by atoms with Crippen molar-refractivity contribution in [2.24, 2.45) is 5.92 Å². The topological polar surface area (TPSA) is 52.7 Å². The molecule has 0 unspecified atom stereocenters. The average molecular weight is 227 g/mol. The van der Waals surface area contributed by atoms with Crippen LogP contribution in [0.2, 0.25) is 0 Å². The number of rotatable bonds is 2. The SMILES string of the molecule is CC1CCN(C(=O)NCC(=O)N(C)C)CC1. The summed E-state index contributed by atoms with van der Waals surface area (Å²) < 4.78 is 0. The summed E-state index contributed by atoms with van der Waals surface area (Å²) in [5.74, 6) is 0.617. The summed E-state index contributed by atoms with van der Waals surface area (Å²) >= 11 is 0. The van der Waals surface area contributed by atoms with Crippen LogP contribution in [-0.4, -0.2) is 55.5 Å². The van der Waals surface area contributed by atoms with E-state index >= 15 is 0 Å². The molecule has 1 fully saturated rings. The molecule has 92 valence electrons. The molecule has 1 N–H and O–H groups in total. The van der Waals surface area contributed by atoms with Crippen LogP contribution in [0.1, 0.15) is 19.8 Å². The van der Waals surface area contributed by atoms with Crippen molar-refractivity contribution in [3.8, 4) is 0 Å². The van der Waals surface area contributed by atoms with Crippen molar-refractivity contribution in [1.82, 2.24) is 15.1 Å². The molecule has 0 spiro atoms. The second kappa shape index (κ2) is 5.72. The van der Waals surface area contributed by atoms with E-state index in [1.165, 1.54) is 4.90 Å². The van der Waals surface area contributed by atoms with Gasteiger partial charge < -0.3 is 15.1 Å². The molecule has 16 heavy (non-hydrogen) atoms. The van der Waals surface area contributed by atoms with Crippen LogP contribution in [0.5, 0.6) is 0 Å². The van der Waals surface area contributed by atoms with Gasteiger partial charge >= 0.3 is 6.03 Å². The third kappa shape index (κ3) is 3.72. The van der Waals surface area contributed by atoms with E-state index in [1.54, 1.807) is 19.0 Å². The molecule has 1 heterocycles. The summed E-state index contributed by atoms with van der Waals surface area (Å²) in [5, 5.41) is 2.64. The van der Waals surface area contributed by atoms with Crippen molar-refractivity contribution < 1.29 is 9.59 Å². The predicted octanol–water partition coefficient (Wildman–Crippen LogP) is 0.516. The molecule has 0 saturated carbocycles. The van der Waals surface area contributed by atoms with Gasteiger partial charge in [-0.15, -0.1) is 0 Å². The number of carbonyl (C=O) groups is 2. The number of nitrogens with zero attached hydrogens (tertiary/aromatic N) is 2. The van der Waals surface area contributed by atoms with Gasteiger partial charge in [0.15, 0.2) is 0 Å². The molecule has 0 aliphatic carbocycles. The Labute approximate surface area is 96.8 Å². The van der Waals surface area contributed by atoms with Crippen LogP contribution >= 0.6 is 0 Å². The van der Waals surface area contributed by atoms with E-state index in [2.05, 4.69) is 12.2 Å². The number of carbonyl (C=O) groups excluding carboxylic acids is 2. The fourth-order valence-corrected chi connectivity index (χ4v) is 1.63. The summed E-state index contributed by atoms with van der Waals surface area (Å²) in [5.41, 5.74) is 0. The van der Waals surface area contributed by atoms with E-state index in [-0.39, 0.29) is 18.5 Å².